The Morgan fingerprint density at radius 1 is 0.850 bits per heavy atom. The van der Waals surface area contributed by atoms with Gasteiger partial charge in [-0.25, -0.2) is 0 Å². The van der Waals surface area contributed by atoms with Crippen molar-refractivity contribution in [1.29, 1.82) is 0 Å². The molecule has 0 amide bonds. The third kappa shape index (κ3) is 2.46. The zero-order chi connectivity index (χ0) is 13.9. The van der Waals surface area contributed by atoms with Gasteiger partial charge in [-0.1, -0.05) is 80.2 Å². The van der Waals surface area contributed by atoms with Gasteiger partial charge in [0.1, 0.15) is 0 Å². The highest BCUT2D eigenvalue weighted by Crippen LogP contribution is 2.28. The smallest absolute Gasteiger partial charge is 0.00443 e. The molecule has 0 bridgehead atoms. The molecule has 3 aromatic rings. The van der Waals surface area contributed by atoms with Gasteiger partial charge in [-0.2, -0.15) is 0 Å². The molecule has 0 saturated heterocycles. The third-order valence-electron chi connectivity index (χ3n) is 3.79. The molecule has 3 aromatic carbocycles. The highest BCUT2D eigenvalue weighted by atomic mass is 32.1. The van der Waals surface area contributed by atoms with E-state index >= 15 is 0 Å². The fourth-order valence-electron chi connectivity index (χ4n) is 2.84. The molecular weight excluding hydrogens is 260 g/mol. The van der Waals surface area contributed by atoms with E-state index in [0.717, 1.165) is 24.1 Å². The summed E-state index contributed by atoms with van der Waals surface area (Å²) < 4.78 is 0. The fourth-order valence-corrected chi connectivity index (χ4v) is 3.20. The van der Waals surface area contributed by atoms with Crippen LogP contribution in [0.1, 0.15) is 25.3 Å². The molecule has 3 rings (SSSR count). The highest BCUT2D eigenvalue weighted by molar-refractivity contribution is 7.80. The molecule has 0 aliphatic heterocycles. The van der Waals surface area contributed by atoms with Crippen LogP contribution in [0.4, 0.5) is 0 Å². The Bertz CT molecular complexity index is 771. The van der Waals surface area contributed by atoms with E-state index in [1.807, 2.05) is 0 Å². The van der Waals surface area contributed by atoms with Gasteiger partial charge in [0.15, 0.2) is 0 Å². The predicted molar refractivity (Wildman–Crippen MR) is 92.7 cm³/mol. The molecular formula is C19H18S. The molecule has 100 valence electrons. The van der Waals surface area contributed by atoms with Crippen LogP contribution in [0.25, 0.3) is 21.5 Å². The van der Waals surface area contributed by atoms with Crippen molar-refractivity contribution in [2.75, 3.05) is 0 Å². The maximum atomic E-state index is 5.49. The lowest BCUT2D eigenvalue weighted by Crippen LogP contribution is -1.99. The van der Waals surface area contributed by atoms with E-state index in [1.54, 1.807) is 0 Å². The van der Waals surface area contributed by atoms with Crippen molar-refractivity contribution >= 4 is 38.6 Å². The average molecular weight is 278 g/mol. The predicted octanol–water partition coefficient (Wildman–Crippen LogP) is 5.71. The van der Waals surface area contributed by atoms with Crippen molar-refractivity contribution in [1.82, 2.24) is 0 Å². The number of hydrogen-bond donors (Lipinski definition) is 0. The highest BCUT2D eigenvalue weighted by Gasteiger charge is 2.06. The zero-order valence-electron chi connectivity index (χ0n) is 11.7. The topological polar surface area (TPSA) is 0 Å². The number of hydrogen-bond acceptors (Lipinski definition) is 1. The summed E-state index contributed by atoms with van der Waals surface area (Å²) in [6.07, 6.45) is 3.09. The first-order chi connectivity index (χ1) is 9.79. The van der Waals surface area contributed by atoms with E-state index in [1.165, 1.54) is 27.1 Å². The van der Waals surface area contributed by atoms with Gasteiger partial charge in [-0.15, -0.1) is 0 Å². The molecule has 0 spiro atoms. The molecule has 0 aromatic heterocycles. The normalized spacial score (nSPS) is 11.1. The van der Waals surface area contributed by atoms with E-state index < -0.39 is 0 Å². The van der Waals surface area contributed by atoms with Crippen LogP contribution in [-0.2, 0) is 6.42 Å². The first-order valence-corrected chi connectivity index (χ1v) is 7.61. The zero-order valence-corrected chi connectivity index (χ0v) is 12.5. The summed E-state index contributed by atoms with van der Waals surface area (Å²) in [4.78, 5) is 1.16. The van der Waals surface area contributed by atoms with E-state index in [4.69, 9.17) is 12.2 Å². The molecule has 0 atom stereocenters. The molecule has 0 N–H and O–H groups in total. The second-order valence-electron chi connectivity index (χ2n) is 5.26. The van der Waals surface area contributed by atoms with Crippen molar-refractivity contribution in [3.63, 3.8) is 0 Å². The standard InChI is InChI=1S/C19H18S/c1-2-6-16(20)13-15-8-5-10-19-17-9-4-3-7-14(17)11-12-18(15)19/h3-5,7-12H,2,6,13H2,1H3. The van der Waals surface area contributed by atoms with Crippen LogP contribution in [0.5, 0.6) is 0 Å². The molecule has 0 heterocycles. The molecule has 0 aliphatic carbocycles. The largest absolute Gasteiger partial charge is 0.0893 e. The van der Waals surface area contributed by atoms with Gasteiger partial charge in [-0.05, 0) is 38.4 Å². The number of thiocarbonyl (C=S) groups is 1. The van der Waals surface area contributed by atoms with Gasteiger partial charge in [0.25, 0.3) is 0 Å². The Morgan fingerprint density at radius 2 is 1.65 bits per heavy atom. The van der Waals surface area contributed by atoms with Gasteiger partial charge in [0.2, 0.25) is 0 Å². The van der Waals surface area contributed by atoms with Crippen LogP contribution in [0.15, 0.2) is 54.6 Å². The Kier molecular flexibility index (Phi) is 3.79. The van der Waals surface area contributed by atoms with E-state index in [0.29, 0.717) is 0 Å². The van der Waals surface area contributed by atoms with E-state index in [9.17, 15) is 0 Å². The summed E-state index contributed by atoms with van der Waals surface area (Å²) >= 11 is 5.49. The molecule has 0 saturated carbocycles. The Morgan fingerprint density at radius 3 is 2.50 bits per heavy atom. The Hall–Kier alpha value is -1.73. The minimum atomic E-state index is 0.916. The maximum absolute atomic E-state index is 5.49. The minimum absolute atomic E-state index is 0.916. The van der Waals surface area contributed by atoms with Crippen LogP contribution in [0, 0.1) is 0 Å². The Balaban J connectivity index is 2.15. The third-order valence-corrected chi connectivity index (χ3v) is 4.14. The summed E-state index contributed by atoms with van der Waals surface area (Å²) in [7, 11) is 0. The molecule has 0 nitrogen and oxygen atoms in total. The van der Waals surface area contributed by atoms with Crippen molar-refractivity contribution in [2.45, 2.75) is 26.2 Å². The minimum Gasteiger partial charge on any atom is -0.0893 e. The fraction of sp³-hybridized carbons (Fsp3) is 0.211. The van der Waals surface area contributed by atoms with E-state index in [-0.39, 0.29) is 0 Å². The first-order valence-electron chi connectivity index (χ1n) is 7.20. The van der Waals surface area contributed by atoms with Crippen LogP contribution in [0.3, 0.4) is 0 Å². The van der Waals surface area contributed by atoms with Gasteiger partial charge < -0.3 is 0 Å². The van der Waals surface area contributed by atoms with Gasteiger partial charge in [0, 0.05) is 6.42 Å². The lowest BCUT2D eigenvalue weighted by molar-refractivity contribution is 0.990. The number of rotatable bonds is 4. The lowest BCUT2D eigenvalue weighted by Gasteiger charge is -2.09. The first kappa shape index (κ1) is 13.3. The second kappa shape index (κ2) is 5.72. The summed E-state index contributed by atoms with van der Waals surface area (Å²) in [5.41, 5.74) is 1.35. The monoisotopic (exact) mass is 278 g/mol. The van der Waals surface area contributed by atoms with Gasteiger partial charge in [0.05, 0.1) is 0 Å². The van der Waals surface area contributed by atoms with Crippen molar-refractivity contribution < 1.29 is 0 Å². The summed E-state index contributed by atoms with van der Waals surface area (Å²) in [5, 5.41) is 5.30. The summed E-state index contributed by atoms with van der Waals surface area (Å²) in [6.45, 7) is 2.18. The summed E-state index contributed by atoms with van der Waals surface area (Å²) in [5.74, 6) is 0. The molecule has 0 fully saturated rings. The van der Waals surface area contributed by atoms with E-state index in [2.05, 4.69) is 61.5 Å². The van der Waals surface area contributed by atoms with Crippen molar-refractivity contribution in [2.24, 2.45) is 0 Å². The van der Waals surface area contributed by atoms with Crippen molar-refractivity contribution in [3.8, 4) is 0 Å². The molecule has 20 heavy (non-hydrogen) atoms. The molecule has 0 radical (unpaired) electrons. The molecule has 0 unspecified atom stereocenters. The quantitative estimate of drug-likeness (QED) is 0.435. The molecule has 1 heteroatoms. The van der Waals surface area contributed by atoms with Crippen molar-refractivity contribution in [3.05, 3.63) is 60.2 Å². The van der Waals surface area contributed by atoms with Crippen LogP contribution < -0.4 is 0 Å². The average Bonchev–Trinajstić information content (AvgIpc) is 2.47. The van der Waals surface area contributed by atoms with Gasteiger partial charge >= 0.3 is 0 Å². The molecule has 0 aliphatic rings. The second-order valence-corrected chi connectivity index (χ2v) is 5.84. The number of benzene rings is 3. The lowest BCUT2D eigenvalue weighted by atomic mass is 9.96. The Labute approximate surface area is 125 Å². The number of fused-ring (bicyclic) bond motifs is 3. The SMILES string of the molecule is CCCC(=S)Cc1cccc2c1ccc1ccccc12. The summed E-state index contributed by atoms with van der Waals surface area (Å²) in [6, 6.07) is 19.6. The van der Waals surface area contributed by atoms with Crippen LogP contribution in [0.2, 0.25) is 0 Å². The van der Waals surface area contributed by atoms with Crippen LogP contribution in [-0.4, -0.2) is 4.86 Å². The van der Waals surface area contributed by atoms with Gasteiger partial charge in [-0.3, -0.25) is 0 Å². The maximum Gasteiger partial charge on any atom is 0.00443 e. The van der Waals surface area contributed by atoms with Crippen LogP contribution >= 0.6 is 12.2 Å².